The smallest absolute Gasteiger partial charge is 0.253 e. The van der Waals surface area contributed by atoms with E-state index in [4.69, 9.17) is 4.74 Å². The fraction of sp³-hybridized carbons (Fsp3) is 0.278. The molecule has 2 rings (SSSR count). The van der Waals surface area contributed by atoms with Gasteiger partial charge in [-0.3, -0.25) is 4.79 Å². The van der Waals surface area contributed by atoms with E-state index in [0.29, 0.717) is 12.1 Å². The van der Waals surface area contributed by atoms with Gasteiger partial charge in [-0.1, -0.05) is 18.2 Å². The van der Waals surface area contributed by atoms with Gasteiger partial charge in [-0.15, -0.1) is 0 Å². The van der Waals surface area contributed by atoms with Crippen molar-refractivity contribution in [2.45, 2.75) is 6.42 Å². The highest BCUT2D eigenvalue weighted by Crippen LogP contribution is 2.23. The maximum atomic E-state index is 12.3. The van der Waals surface area contributed by atoms with E-state index in [-0.39, 0.29) is 5.91 Å². The molecular weight excluding hydrogens is 290 g/mol. The Morgan fingerprint density at radius 1 is 1.09 bits per heavy atom. The average molecular weight is 313 g/mol. The molecule has 0 spiro atoms. The number of para-hydroxylation sites is 1. The summed E-state index contributed by atoms with van der Waals surface area (Å²) < 4.78 is 5.22. The molecule has 0 aliphatic carbocycles. The van der Waals surface area contributed by atoms with Crippen molar-refractivity contribution in [1.29, 1.82) is 0 Å². The Hall–Kier alpha value is -2.53. The molecule has 0 atom stereocenters. The van der Waals surface area contributed by atoms with E-state index in [0.717, 1.165) is 30.1 Å². The van der Waals surface area contributed by atoms with Gasteiger partial charge in [0.05, 0.1) is 18.4 Å². The van der Waals surface area contributed by atoms with E-state index in [1.807, 2.05) is 55.6 Å². The number of carbonyl (C=O) groups is 1. The number of anilines is 2. The van der Waals surface area contributed by atoms with E-state index in [2.05, 4.69) is 16.0 Å². The minimum atomic E-state index is -0.0768. The Balaban J connectivity index is 2.08. The lowest BCUT2D eigenvalue weighted by Gasteiger charge is -2.13. The van der Waals surface area contributed by atoms with Crippen LogP contribution in [0.4, 0.5) is 11.4 Å². The lowest BCUT2D eigenvalue weighted by Crippen LogP contribution is -2.27. The van der Waals surface area contributed by atoms with Crippen molar-refractivity contribution in [1.82, 2.24) is 10.6 Å². The lowest BCUT2D eigenvalue weighted by atomic mass is 10.1. The van der Waals surface area contributed by atoms with Crippen LogP contribution in [-0.2, 0) is 0 Å². The van der Waals surface area contributed by atoms with E-state index in [1.165, 1.54) is 0 Å². The monoisotopic (exact) mass is 313 g/mol. The summed E-state index contributed by atoms with van der Waals surface area (Å²) in [5.41, 5.74) is 2.27. The van der Waals surface area contributed by atoms with Crippen LogP contribution in [0.1, 0.15) is 16.8 Å². The van der Waals surface area contributed by atoms with Crippen LogP contribution in [0.5, 0.6) is 5.75 Å². The van der Waals surface area contributed by atoms with Crippen LogP contribution < -0.4 is 20.7 Å². The van der Waals surface area contributed by atoms with Crippen molar-refractivity contribution < 1.29 is 9.53 Å². The van der Waals surface area contributed by atoms with Gasteiger partial charge in [0, 0.05) is 18.3 Å². The fourth-order valence-corrected chi connectivity index (χ4v) is 2.21. The molecule has 3 N–H and O–H groups in total. The third-order valence-electron chi connectivity index (χ3n) is 3.41. The third kappa shape index (κ3) is 5.00. The predicted molar refractivity (Wildman–Crippen MR) is 93.6 cm³/mol. The second-order valence-electron chi connectivity index (χ2n) is 5.12. The quantitative estimate of drug-likeness (QED) is 0.656. The minimum Gasteiger partial charge on any atom is -0.497 e. The Morgan fingerprint density at radius 3 is 2.70 bits per heavy atom. The summed E-state index contributed by atoms with van der Waals surface area (Å²) in [6.07, 6.45) is 0.897. The van der Waals surface area contributed by atoms with Gasteiger partial charge in [0.2, 0.25) is 0 Å². The molecule has 0 aromatic heterocycles. The predicted octanol–water partition coefficient (Wildman–Crippen LogP) is 2.78. The molecule has 2 aromatic rings. The molecule has 0 saturated heterocycles. The molecule has 0 heterocycles. The van der Waals surface area contributed by atoms with Crippen LogP contribution in [0.2, 0.25) is 0 Å². The molecule has 2 aromatic carbocycles. The van der Waals surface area contributed by atoms with Crippen molar-refractivity contribution >= 4 is 17.3 Å². The number of carbonyl (C=O) groups excluding carboxylic acids is 1. The first-order chi connectivity index (χ1) is 11.2. The van der Waals surface area contributed by atoms with Crippen LogP contribution >= 0.6 is 0 Å². The molecule has 5 heteroatoms. The number of hydrogen-bond donors (Lipinski definition) is 3. The molecule has 0 saturated carbocycles. The Kier molecular flexibility index (Phi) is 6.44. The minimum absolute atomic E-state index is 0.0768. The highest BCUT2D eigenvalue weighted by molar-refractivity contribution is 6.00. The van der Waals surface area contributed by atoms with Gasteiger partial charge in [-0.25, -0.2) is 0 Å². The second-order valence-corrected chi connectivity index (χ2v) is 5.12. The van der Waals surface area contributed by atoms with Crippen molar-refractivity contribution in [3.63, 3.8) is 0 Å². The first kappa shape index (κ1) is 16.8. The maximum absolute atomic E-state index is 12.3. The molecule has 0 fully saturated rings. The molecule has 23 heavy (non-hydrogen) atoms. The number of benzene rings is 2. The van der Waals surface area contributed by atoms with Gasteiger partial charge in [-0.2, -0.15) is 0 Å². The topological polar surface area (TPSA) is 62.4 Å². The van der Waals surface area contributed by atoms with Crippen molar-refractivity contribution in [2.24, 2.45) is 0 Å². The van der Waals surface area contributed by atoms with Crippen molar-refractivity contribution in [3.8, 4) is 5.75 Å². The summed E-state index contributed by atoms with van der Waals surface area (Å²) in [5, 5.41) is 9.28. The Morgan fingerprint density at radius 2 is 1.91 bits per heavy atom. The normalized spacial score (nSPS) is 10.2. The van der Waals surface area contributed by atoms with Crippen LogP contribution in [-0.4, -0.2) is 33.2 Å². The van der Waals surface area contributed by atoms with Gasteiger partial charge in [0.25, 0.3) is 5.91 Å². The number of nitrogens with one attached hydrogen (secondary N) is 3. The van der Waals surface area contributed by atoms with Crippen LogP contribution in [0.15, 0.2) is 48.5 Å². The van der Waals surface area contributed by atoms with Crippen LogP contribution in [0.25, 0.3) is 0 Å². The SMILES string of the molecule is CNCCCNC(=O)c1ccccc1Nc1cccc(OC)c1. The highest BCUT2D eigenvalue weighted by Gasteiger charge is 2.10. The summed E-state index contributed by atoms with van der Waals surface area (Å²) >= 11 is 0. The van der Waals surface area contributed by atoms with Gasteiger partial charge in [0.1, 0.15) is 5.75 Å². The number of methoxy groups -OCH3 is 1. The fourth-order valence-electron chi connectivity index (χ4n) is 2.21. The first-order valence-corrected chi connectivity index (χ1v) is 7.67. The highest BCUT2D eigenvalue weighted by atomic mass is 16.5. The van der Waals surface area contributed by atoms with Crippen molar-refractivity contribution in [3.05, 3.63) is 54.1 Å². The van der Waals surface area contributed by atoms with E-state index in [1.54, 1.807) is 7.11 Å². The second kappa shape index (κ2) is 8.80. The van der Waals surface area contributed by atoms with Crippen molar-refractivity contribution in [2.75, 3.05) is 32.6 Å². The lowest BCUT2D eigenvalue weighted by molar-refractivity contribution is 0.0954. The average Bonchev–Trinajstić information content (AvgIpc) is 2.59. The van der Waals surface area contributed by atoms with E-state index in [9.17, 15) is 4.79 Å². The summed E-state index contributed by atoms with van der Waals surface area (Å²) in [4.78, 5) is 12.3. The van der Waals surface area contributed by atoms with Gasteiger partial charge in [0.15, 0.2) is 0 Å². The molecule has 0 aliphatic rings. The number of rotatable bonds is 8. The molecule has 0 aliphatic heterocycles. The number of ether oxygens (including phenoxy) is 1. The molecule has 1 amide bonds. The molecule has 5 nitrogen and oxygen atoms in total. The van der Waals surface area contributed by atoms with Gasteiger partial charge in [-0.05, 0) is 44.3 Å². The van der Waals surface area contributed by atoms with E-state index < -0.39 is 0 Å². The Bertz CT molecular complexity index is 644. The summed E-state index contributed by atoms with van der Waals surface area (Å²) in [7, 11) is 3.53. The summed E-state index contributed by atoms with van der Waals surface area (Å²) in [6.45, 7) is 1.52. The Labute approximate surface area is 137 Å². The van der Waals surface area contributed by atoms with Gasteiger partial charge >= 0.3 is 0 Å². The van der Waals surface area contributed by atoms with Crippen LogP contribution in [0, 0.1) is 0 Å². The first-order valence-electron chi connectivity index (χ1n) is 7.67. The molecule has 0 radical (unpaired) electrons. The maximum Gasteiger partial charge on any atom is 0.253 e. The zero-order valence-corrected chi connectivity index (χ0v) is 13.6. The summed E-state index contributed by atoms with van der Waals surface area (Å²) in [5.74, 6) is 0.691. The largest absolute Gasteiger partial charge is 0.497 e. The van der Waals surface area contributed by atoms with Gasteiger partial charge < -0.3 is 20.7 Å². The molecule has 0 unspecified atom stereocenters. The van der Waals surface area contributed by atoms with Crippen LogP contribution in [0.3, 0.4) is 0 Å². The molecule has 0 bridgehead atoms. The summed E-state index contributed by atoms with van der Waals surface area (Å²) in [6, 6.07) is 15.1. The molecular formula is C18H23N3O2. The number of hydrogen-bond acceptors (Lipinski definition) is 4. The van der Waals surface area contributed by atoms with E-state index >= 15 is 0 Å². The standard InChI is InChI=1S/C18H23N3O2/c1-19-11-6-12-20-18(22)16-9-3-4-10-17(16)21-14-7-5-8-15(13-14)23-2/h3-5,7-10,13,19,21H,6,11-12H2,1-2H3,(H,20,22). The zero-order valence-electron chi connectivity index (χ0n) is 13.6. The molecule has 122 valence electrons. The number of amides is 1. The zero-order chi connectivity index (χ0) is 16.5. The third-order valence-corrected chi connectivity index (χ3v) is 3.41.